The van der Waals surface area contributed by atoms with Gasteiger partial charge in [0.05, 0.1) is 20.3 Å². The third-order valence-electron chi connectivity index (χ3n) is 4.89. The van der Waals surface area contributed by atoms with Gasteiger partial charge in [-0.05, 0) is 48.9 Å². The number of nitrogens with zero attached hydrogens (tertiary/aromatic N) is 1. The molecule has 1 aromatic carbocycles. The molecule has 0 amide bonds. The van der Waals surface area contributed by atoms with E-state index in [1.165, 1.54) is 11.3 Å². The molecule has 4 nitrogen and oxygen atoms in total. The molecule has 4 rings (SSSR count). The van der Waals surface area contributed by atoms with Crippen molar-refractivity contribution in [1.29, 1.82) is 0 Å². The van der Waals surface area contributed by atoms with E-state index in [4.69, 9.17) is 21.3 Å². The minimum atomic E-state index is -0.463. The Kier molecular flexibility index (Phi) is 4.98. The van der Waals surface area contributed by atoms with E-state index in [1.54, 1.807) is 12.1 Å². The molecule has 0 saturated carbocycles. The first-order valence-electron chi connectivity index (χ1n) is 8.89. The number of ether oxygens (including phenoxy) is 1. The number of hydrogen-bond acceptors (Lipinski definition) is 5. The summed E-state index contributed by atoms with van der Waals surface area (Å²) in [5, 5.41) is 0.780. The first-order chi connectivity index (χ1) is 13.0. The number of esters is 1. The summed E-state index contributed by atoms with van der Waals surface area (Å²) in [5.41, 5.74) is 3.27. The number of rotatable bonds is 4. The lowest BCUT2D eigenvalue weighted by Gasteiger charge is -2.24. The maximum Gasteiger partial charge on any atom is 0.339 e. The number of para-hydroxylation sites is 1. The van der Waals surface area contributed by atoms with Crippen LogP contribution >= 0.6 is 22.9 Å². The van der Waals surface area contributed by atoms with Crippen LogP contribution in [0.25, 0.3) is 10.9 Å². The van der Waals surface area contributed by atoms with Crippen LogP contribution in [-0.2, 0) is 17.6 Å². The molecule has 0 radical (unpaired) electrons. The Labute approximate surface area is 166 Å². The van der Waals surface area contributed by atoms with Crippen LogP contribution < -0.4 is 0 Å². The van der Waals surface area contributed by atoms with Gasteiger partial charge in [-0.1, -0.05) is 36.7 Å². The number of pyridine rings is 1. The molecule has 3 aromatic rings. The summed E-state index contributed by atoms with van der Waals surface area (Å²) in [6, 6.07) is 10.9. The lowest BCUT2D eigenvalue weighted by Crippen LogP contribution is -2.21. The fraction of sp³-hybridized carbons (Fsp3) is 0.286. The van der Waals surface area contributed by atoms with Crippen LogP contribution in [0.2, 0.25) is 4.34 Å². The lowest BCUT2D eigenvalue weighted by molar-refractivity contribution is 0.0476. The summed E-state index contributed by atoms with van der Waals surface area (Å²) in [4.78, 5) is 30.5. The number of aromatic nitrogens is 1. The SMILES string of the molecule is CC1CCc2nc3ccccc3c(C(=O)OCC(=O)c3ccc(Cl)s3)c2C1. The molecule has 1 aliphatic carbocycles. The molecule has 0 bridgehead atoms. The third kappa shape index (κ3) is 3.62. The molecule has 0 spiro atoms. The number of Topliss-reactive ketones (excluding diaryl/α,β-unsaturated/α-hetero) is 1. The van der Waals surface area contributed by atoms with Gasteiger partial charge in [0, 0.05) is 11.1 Å². The average molecular weight is 400 g/mol. The van der Waals surface area contributed by atoms with Crippen molar-refractivity contribution in [2.24, 2.45) is 5.92 Å². The van der Waals surface area contributed by atoms with Gasteiger partial charge in [0.15, 0.2) is 6.61 Å². The number of fused-ring (bicyclic) bond motifs is 2. The van der Waals surface area contributed by atoms with Crippen LogP contribution in [-0.4, -0.2) is 23.3 Å². The number of benzene rings is 1. The van der Waals surface area contributed by atoms with Crippen molar-refractivity contribution in [2.45, 2.75) is 26.2 Å². The monoisotopic (exact) mass is 399 g/mol. The fourth-order valence-corrected chi connectivity index (χ4v) is 4.50. The van der Waals surface area contributed by atoms with Crippen molar-refractivity contribution in [3.63, 3.8) is 0 Å². The summed E-state index contributed by atoms with van der Waals surface area (Å²) in [5.74, 6) is -0.224. The van der Waals surface area contributed by atoms with Gasteiger partial charge in [0.25, 0.3) is 0 Å². The van der Waals surface area contributed by atoms with Crippen LogP contribution in [0.4, 0.5) is 0 Å². The van der Waals surface area contributed by atoms with E-state index in [-0.39, 0.29) is 12.4 Å². The molecule has 138 valence electrons. The average Bonchev–Trinajstić information content (AvgIpc) is 3.10. The highest BCUT2D eigenvalue weighted by Crippen LogP contribution is 2.32. The topological polar surface area (TPSA) is 56.3 Å². The van der Waals surface area contributed by atoms with Crippen molar-refractivity contribution in [2.75, 3.05) is 6.61 Å². The Bertz CT molecular complexity index is 1040. The molecule has 6 heteroatoms. The first-order valence-corrected chi connectivity index (χ1v) is 10.1. The third-order valence-corrected chi connectivity index (χ3v) is 6.16. The van der Waals surface area contributed by atoms with E-state index in [0.717, 1.165) is 41.4 Å². The van der Waals surface area contributed by atoms with Gasteiger partial charge in [-0.2, -0.15) is 0 Å². The standard InChI is InChI=1S/C21H18ClNO3S/c1-12-6-7-16-14(10-12)20(13-4-2-3-5-15(13)23-16)21(25)26-11-17(24)18-8-9-19(22)27-18/h2-5,8-9,12H,6-7,10-11H2,1H3. The van der Waals surface area contributed by atoms with E-state index < -0.39 is 5.97 Å². The Morgan fingerprint density at radius 3 is 2.85 bits per heavy atom. The molecule has 0 fully saturated rings. The summed E-state index contributed by atoms with van der Waals surface area (Å²) < 4.78 is 5.95. The number of carbonyl (C=O) groups excluding carboxylic acids is 2. The molecule has 1 aliphatic rings. The molecule has 0 saturated heterocycles. The maximum absolute atomic E-state index is 13.0. The van der Waals surface area contributed by atoms with Crippen LogP contribution in [0.15, 0.2) is 36.4 Å². The second-order valence-electron chi connectivity index (χ2n) is 6.88. The molecular formula is C21H18ClNO3S. The number of aryl methyl sites for hydroxylation is 1. The van der Waals surface area contributed by atoms with Crippen LogP contribution in [0.1, 0.15) is 44.6 Å². The predicted molar refractivity (Wildman–Crippen MR) is 107 cm³/mol. The first kappa shape index (κ1) is 18.1. The predicted octanol–water partition coefficient (Wildman–Crippen LogP) is 5.11. The Morgan fingerprint density at radius 1 is 1.26 bits per heavy atom. The Morgan fingerprint density at radius 2 is 2.07 bits per heavy atom. The molecule has 2 heterocycles. The highest BCUT2D eigenvalue weighted by atomic mass is 35.5. The zero-order valence-corrected chi connectivity index (χ0v) is 16.4. The second kappa shape index (κ2) is 7.41. The summed E-state index contributed by atoms with van der Waals surface area (Å²) in [7, 11) is 0. The molecule has 27 heavy (non-hydrogen) atoms. The van der Waals surface area contributed by atoms with Crippen molar-refractivity contribution in [1.82, 2.24) is 4.98 Å². The lowest BCUT2D eigenvalue weighted by atomic mass is 9.84. The number of carbonyl (C=O) groups is 2. The number of ketones is 1. The number of thiophene rings is 1. The quantitative estimate of drug-likeness (QED) is 0.451. The summed E-state index contributed by atoms with van der Waals surface area (Å²) in [6.07, 6.45) is 2.71. The second-order valence-corrected chi connectivity index (χ2v) is 8.60. The normalized spacial score (nSPS) is 16.1. The highest BCUT2D eigenvalue weighted by molar-refractivity contribution is 7.18. The van der Waals surface area contributed by atoms with E-state index in [2.05, 4.69) is 6.92 Å². The van der Waals surface area contributed by atoms with Crippen LogP contribution in [0, 0.1) is 5.92 Å². The smallest absolute Gasteiger partial charge is 0.339 e. The van der Waals surface area contributed by atoms with Crippen molar-refractivity contribution in [3.05, 3.63) is 62.4 Å². The number of hydrogen-bond donors (Lipinski definition) is 0. The molecule has 0 N–H and O–H groups in total. The zero-order chi connectivity index (χ0) is 19.0. The van der Waals surface area contributed by atoms with E-state index in [1.807, 2.05) is 24.3 Å². The number of halogens is 1. The van der Waals surface area contributed by atoms with Gasteiger partial charge in [-0.3, -0.25) is 9.78 Å². The Hall–Kier alpha value is -2.24. The van der Waals surface area contributed by atoms with E-state index in [0.29, 0.717) is 20.7 Å². The largest absolute Gasteiger partial charge is 0.454 e. The highest BCUT2D eigenvalue weighted by Gasteiger charge is 2.26. The van der Waals surface area contributed by atoms with Crippen LogP contribution in [0.3, 0.4) is 0 Å². The zero-order valence-electron chi connectivity index (χ0n) is 14.8. The fourth-order valence-electron chi connectivity index (χ4n) is 3.53. The van der Waals surface area contributed by atoms with Gasteiger partial charge in [0.1, 0.15) is 0 Å². The molecule has 0 aliphatic heterocycles. The van der Waals surface area contributed by atoms with Gasteiger partial charge in [0.2, 0.25) is 5.78 Å². The maximum atomic E-state index is 13.0. The van der Waals surface area contributed by atoms with Crippen LogP contribution in [0.5, 0.6) is 0 Å². The van der Waals surface area contributed by atoms with Gasteiger partial charge in [-0.25, -0.2) is 4.79 Å². The van der Waals surface area contributed by atoms with E-state index in [9.17, 15) is 9.59 Å². The van der Waals surface area contributed by atoms with Crippen molar-refractivity contribution >= 4 is 45.6 Å². The molecule has 1 unspecified atom stereocenters. The Balaban J connectivity index is 1.66. The molecule has 2 aromatic heterocycles. The van der Waals surface area contributed by atoms with E-state index >= 15 is 0 Å². The van der Waals surface area contributed by atoms with Crippen molar-refractivity contribution < 1.29 is 14.3 Å². The summed E-state index contributed by atoms with van der Waals surface area (Å²) >= 11 is 7.06. The van der Waals surface area contributed by atoms with Gasteiger partial charge >= 0.3 is 5.97 Å². The molecule has 1 atom stereocenters. The van der Waals surface area contributed by atoms with Gasteiger partial charge < -0.3 is 4.74 Å². The van der Waals surface area contributed by atoms with Crippen molar-refractivity contribution in [3.8, 4) is 0 Å². The molecular weight excluding hydrogens is 382 g/mol. The minimum Gasteiger partial charge on any atom is -0.454 e. The summed E-state index contributed by atoms with van der Waals surface area (Å²) in [6.45, 7) is 1.88. The minimum absolute atomic E-state index is 0.249. The van der Waals surface area contributed by atoms with Gasteiger partial charge in [-0.15, -0.1) is 11.3 Å².